The second-order valence-electron chi connectivity index (χ2n) is 5.10. The molecule has 1 fully saturated rings. The van der Waals surface area contributed by atoms with Crippen LogP contribution < -0.4 is 20.7 Å². The first-order valence-corrected chi connectivity index (χ1v) is 6.79. The lowest BCUT2D eigenvalue weighted by atomic mass is 10.2. The third kappa shape index (κ3) is 2.46. The maximum Gasteiger partial charge on any atom is 0.265 e. The number of nitrogens with one attached hydrogen (secondary N) is 3. The fraction of sp³-hybridized carbons (Fsp3) is 0.429. The molecule has 2 unspecified atom stereocenters. The summed E-state index contributed by atoms with van der Waals surface area (Å²) in [6.07, 6.45) is 1.38. The van der Waals surface area contributed by atoms with Crippen LogP contribution in [0.3, 0.4) is 0 Å². The van der Waals surface area contributed by atoms with E-state index in [0.29, 0.717) is 17.1 Å². The van der Waals surface area contributed by atoms with Gasteiger partial charge in [0.2, 0.25) is 5.91 Å². The highest BCUT2D eigenvalue weighted by molar-refractivity contribution is 6.00. The summed E-state index contributed by atoms with van der Waals surface area (Å²) in [7, 11) is 0. The average molecular weight is 275 g/mol. The van der Waals surface area contributed by atoms with Crippen LogP contribution in [0.5, 0.6) is 5.75 Å². The van der Waals surface area contributed by atoms with Crippen molar-refractivity contribution >= 4 is 23.2 Å². The lowest BCUT2D eigenvalue weighted by molar-refractivity contribution is -0.122. The molecule has 1 aromatic carbocycles. The number of carbonyl (C=O) groups excluding carboxylic acids is 2. The van der Waals surface area contributed by atoms with Gasteiger partial charge in [-0.2, -0.15) is 0 Å². The highest BCUT2D eigenvalue weighted by Gasteiger charge is 2.25. The van der Waals surface area contributed by atoms with Crippen LogP contribution in [0.15, 0.2) is 18.2 Å². The Kier molecular flexibility index (Phi) is 3.31. The molecule has 0 radical (unpaired) electrons. The maximum absolute atomic E-state index is 12.0. The van der Waals surface area contributed by atoms with E-state index < -0.39 is 6.10 Å². The molecule has 2 aliphatic heterocycles. The Bertz CT molecular complexity index is 553. The molecule has 0 bridgehead atoms. The standard InChI is InChI=1S/C14H17N3O3/c1-8-13(18)17-11-7-9(4-5-12(11)20-8)16-14(19)10-3-2-6-15-10/h4-5,7-8,10,15H,2-3,6H2,1H3,(H,16,19)(H,17,18). The van der Waals surface area contributed by atoms with Gasteiger partial charge in [-0.1, -0.05) is 0 Å². The van der Waals surface area contributed by atoms with Gasteiger partial charge in [0.25, 0.3) is 5.91 Å². The van der Waals surface area contributed by atoms with Gasteiger partial charge in [-0.25, -0.2) is 0 Å². The zero-order valence-electron chi connectivity index (χ0n) is 11.2. The van der Waals surface area contributed by atoms with Crippen molar-refractivity contribution in [1.29, 1.82) is 0 Å². The number of anilines is 2. The maximum atomic E-state index is 12.0. The topological polar surface area (TPSA) is 79.5 Å². The second-order valence-corrected chi connectivity index (χ2v) is 5.10. The van der Waals surface area contributed by atoms with Crippen molar-refractivity contribution in [1.82, 2.24) is 5.32 Å². The fourth-order valence-corrected chi connectivity index (χ4v) is 2.42. The molecule has 6 heteroatoms. The van der Waals surface area contributed by atoms with E-state index in [1.807, 2.05) is 0 Å². The first kappa shape index (κ1) is 12.9. The Balaban J connectivity index is 1.74. The van der Waals surface area contributed by atoms with Gasteiger partial charge in [0, 0.05) is 5.69 Å². The summed E-state index contributed by atoms with van der Waals surface area (Å²) in [4.78, 5) is 23.6. The van der Waals surface area contributed by atoms with Gasteiger partial charge >= 0.3 is 0 Å². The van der Waals surface area contributed by atoms with E-state index in [2.05, 4.69) is 16.0 Å². The van der Waals surface area contributed by atoms with E-state index in [0.717, 1.165) is 19.4 Å². The third-order valence-corrected chi connectivity index (χ3v) is 3.55. The Hall–Kier alpha value is -2.08. The first-order valence-electron chi connectivity index (χ1n) is 6.79. The number of benzene rings is 1. The van der Waals surface area contributed by atoms with Crippen molar-refractivity contribution in [3.05, 3.63) is 18.2 Å². The summed E-state index contributed by atoms with van der Waals surface area (Å²) in [5.74, 6) is 0.395. The van der Waals surface area contributed by atoms with Crippen LogP contribution in [-0.4, -0.2) is 30.5 Å². The summed E-state index contributed by atoms with van der Waals surface area (Å²) in [5.41, 5.74) is 1.24. The predicted molar refractivity (Wildman–Crippen MR) is 74.8 cm³/mol. The van der Waals surface area contributed by atoms with E-state index in [9.17, 15) is 9.59 Å². The summed E-state index contributed by atoms with van der Waals surface area (Å²) in [6.45, 7) is 2.57. The Morgan fingerprint density at radius 1 is 1.45 bits per heavy atom. The Morgan fingerprint density at radius 3 is 3.05 bits per heavy atom. The van der Waals surface area contributed by atoms with Crippen LogP contribution in [0.4, 0.5) is 11.4 Å². The molecule has 1 aromatic rings. The van der Waals surface area contributed by atoms with Gasteiger partial charge < -0.3 is 20.7 Å². The van der Waals surface area contributed by atoms with Crippen LogP contribution in [0.25, 0.3) is 0 Å². The van der Waals surface area contributed by atoms with E-state index in [1.54, 1.807) is 25.1 Å². The highest BCUT2D eigenvalue weighted by atomic mass is 16.5. The zero-order valence-corrected chi connectivity index (χ0v) is 11.2. The SMILES string of the molecule is CC1Oc2ccc(NC(=O)C3CCCN3)cc2NC1=O. The summed E-state index contributed by atoms with van der Waals surface area (Å²) in [5, 5.41) is 8.76. The molecule has 0 aromatic heterocycles. The van der Waals surface area contributed by atoms with Crippen molar-refractivity contribution in [2.24, 2.45) is 0 Å². The number of hydrogen-bond acceptors (Lipinski definition) is 4. The molecule has 0 aliphatic carbocycles. The van der Waals surface area contributed by atoms with Gasteiger partial charge in [0.05, 0.1) is 11.7 Å². The Labute approximate surface area is 116 Å². The minimum absolute atomic E-state index is 0.0427. The van der Waals surface area contributed by atoms with Gasteiger partial charge in [0.1, 0.15) is 5.75 Å². The Morgan fingerprint density at radius 2 is 2.30 bits per heavy atom. The molecule has 20 heavy (non-hydrogen) atoms. The summed E-state index contributed by atoms with van der Waals surface area (Å²) in [6, 6.07) is 5.11. The summed E-state index contributed by atoms with van der Waals surface area (Å²) < 4.78 is 5.47. The minimum Gasteiger partial charge on any atom is -0.479 e. The van der Waals surface area contributed by atoms with E-state index in [1.165, 1.54) is 0 Å². The monoisotopic (exact) mass is 275 g/mol. The number of hydrogen-bond donors (Lipinski definition) is 3. The second kappa shape index (κ2) is 5.13. The number of rotatable bonds is 2. The molecule has 2 aliphatic rings. The number of carbonyl (C=O) groups is 2. The molecular weight excluding hydrogens is 258 g/mol. The smallest absolute Gasteiger partial charge is 0.265 e. The normalized spacial score (nSPS) is 24.6. The molecule has 2 atom stereocenters. The fourth-order valence-electron chi connectivity index (χ4n) is 2.42. The molecular formula is C14H17N3O3. The highest BCUT2D eigenvalue weighted by Crippen LogP contribution is 2.32. The molecule has 3 rings (SSSR count). The van der Waals surface area contributed by atoms with Crippen LogP contribution >= 0.6 is 0 Å². The molecule has 106 valence electrons. The molecule has 2 amide bonds. The van der Waals surface area contributed by atoms with Crippen molar-refractivity contribution in [3.63, 3.8) is 0 Å². The average Bonchev–Trinajstić information content (AvgIpc) is 2.94. The van der Waals surface area contributed by atoms with Crippen molar-refractivity contribution < 1.29 is 14.3 Å². The molecule has 6 nitrogen and oxygen atoms in total. The van der Waals surface area contributed by atoms with E-state index in [4.69, 9.17) is 4.74 Å². The predicted octanol–water partition coefficient (Wildman–Crippen LogP) is 1.10. The third-order valence-electron chi connectivity index (χ3n) is 3.55. The molecule has 3 N–H and O–H groups in total. The van der Waals surface area contributed by atoms with Crippen molar-refractivity contribution in [2.45, 2.75) is 31.9 Å². The van der Waals surface area contributed by atoms with E-state index in [-0.39, 0.29) is 17.9 Å². The van der Waals surface area contributed by atoms with Gasteiger partial charge in [-0.05, 0) is 44.5 Å². The van der Waals surface area contributed by atoms with Crippen LogP contribution in [0.1, 0.15) is 19.8 Å². The molecule has 0 spiro atoms. The van der Waals surface area contributed by atoms with Gasteiger partial charge in [-0.15, -0.1) is 0 Å². The van der Waals surface area contributed by atoms with Gasteiger partial charge in [0.15, 0.2) is 6.10 Å². The minimum atomic E-state index is -0.495. The van der Waals surface area contributed by atoms with Crippen LogP contribution in [-0.2, 0) is 9.59 Å². The number of ether oxygens (including phenoxy) is 1. The van der Waals surface area contributed by atoms with Crippen molar-refractivity contribution in [3.8, 4) is 5.75 Å². The lowest BCUT2D eigenvalue weighted by Crippen LogP contribution is -2.36. The zero-order chi connectivity index (χ0) is 14.1. The molecule has 0 saturated carbocycles. The number of fused-ring (bicyclic) bond motifs is 1. The van der Waals surface area contributed by atoms with E-state index >= 15 is 0 Å². The summed E-state index contributed by atoms with van der Waals surface area (Å²) >= 11 is 0. The number of amides is 2. The van der Waals surface area contributed by atoms with Crippen molar-refractivity contribution in [2.75, 3.05) is 17.2 Å². The largest absolute Gasteiger partial charge is 0.479 e. The molecule has 1 saturated heterocycles. The van der Waals surface area contributed by atoms with Gasteiger partial charge in [-0.3, -0.25) is 9.59 Å². The van der Waals surface area contributed by atoms with Crippen LogP contribution in [0.2, 0.25) is 0 Å². The quantitative estimate of drug-likeness (QED) is 0.755. The molecule has 2 heterocycles. The lowest BCUT2D eigenvalue weighted by Gasteiger charge is -2.23. The first-order chi connectivity index (χ1) is 9.63. The van der Waals surface area contributed by atoms with Crippen LogP contribution in [0, 0.1) is 0 Å².